The van der Waals surface area contributed by atoms with Crippen molar-refractivity contribution in [3.05, 3.63) is 0 Å². The van der Waals surface area contributed by atoms with Gasteiger partial charge in [0.2, 0.25) is 0 Å². The Morgan fingerprint density at radius 2 is 1.76 bits per heavy atom. The zero-order valence-electron chi connectivity index (χ0n) is 11.8. The first kappa shape index (κ1) is 13.4. The second-order valence-electron chi connectivity index (χ2n) is 6.12. The monoisotopic (exact) mass is 238 g/mol. The Hall–Kier alpha value is -0.0800. The van der Waals surface area contributed by atoms with Crippen molar-refractivity contribution < 1.29 is 0 Å². The van der Waals surface area contributed by atoms with E-state index >= 15 is 0 Å². The van der Waals surface area contributed by atoms with Crippen LogP contribution in [-0.2, 0) is 0 Å². The Kier molecular flexibility index (Phi) is 5.30. The molecule has 1 atom stereocenters. The molecule has 1 N–H and O–H groups in total. The number of rotatable bonds is 5. The molecule has 2 rings (SSSR count). The normalized spacial score (nSPS) is 26.5. The third-order valence-electron chi connectivity index (χ3n) is 4.73. The molecular weight excluding hydrogens is 208 g/mol. The van der Waals surface area contributed by atoms with Gasteiger partial charge in [-0.15, -0.1) is 0 Å². The van der Waals surface area contributed by atoms with E-state index in [0.717, 1.165) is 18.0 Å². The van der Waals surface area contributed by atoms with Crippen LogP contribution in [0.4, 0.5) is 0 Å². The minimum atomic E-state index is 0.750. The maximum atomic E-state index is 3.90. The van der Waals surface area contributed by atoms with Crippen molar-refractivity contribution >= 4 is 0 Å². The van der Waals surface area contributed by atoms with Crippen LogP contribution in [0.2, 0.25) is 0 Å². The average molecular weight is 238 g/mol. The Labute approximate surface area is 107 Å². The predicted octanol–water partition coefficient (Wildman–Crippen LogP) is 3.03. The number of piperidine rings is 1. The summed E-state index contributed by atoms with van der Waals surface area (Å²) in [5, 5.41) is 3.90. The molecule has 0 bridgehead atoms. The lowest BCUT2D eigenvalue weighted by Gasteiger charge is -2.35. The zero-order valence-corrected chi connectivity index (χ0v) is 11.8. The number of nitrogens with zero attached hydrogens (tertiary/aromatic N) is 1. The van der Waals surface area contributed by atoms with E-state index in [2.05, 4.69) is 24.1 Å². The molecule has 0 aromatic rings. The van der Waals surface area contributed by atoms with Gasteiger partial charge >= 0.3 is 0 Å². The summed E-state index contributed by atoms with van der Waals surface area (Å²) in [6, 6.07) is 1.54. The molecule has 2 heteroatoms. The SMILES string of the molecule is CCCN1CCC(N[C@@H](C)C2CCCC2)CC1. The molecule has 2 nitrogen and oxygen atoms in total. The number of hydrogen-bond donors (Lipinski definition) is 1. The van der Waals surface area contributed by atoms with Crippen LogP contribution in [0.3, 0.4) is 0 Å². The van der Waals surface area contributed by atoms with Gasteiger partial charge in [-0.2, -0.15) is 0 Å². The van der Waals surface area contributed by atoms with Crippen molar-refractivity contribution in [2.45, 2.75) is 70.9 Å². The molecule has 1 aliphatic heterocycles. The summed E-state index contributed by atoms with van der Waals surface area (Å²) < 4.78 is 0. The van der Waals surface area contributed by atoms with E-state index in [1.165, 1.54) is 64.6 Å². The van der Waals surface area contributed by atoms with Crippen LogP contribution in [0.1, 0.15) is 58.8 Å². The van der Waals surface area contributed by atoms with E-state index in [1.807, 2.05) is 0 Å². The second-order valence-corrected chi connectivity index (χ2v) is 6.12. The van der Waals surface area contributed by atoms with Crippen LogP contribution >= 0.6 is 0 Å². The molecule has 2 aliphatic rings. The van der Waals surface area contributed by atoms with Gasteiger partial charge in [0.15, 0.2) is 0 Å². The average Bonchev–Trinajstić information content (AvgIpc) is 2.86. The van der Waals surface area contributed by atoms with Crippen molar-refractivity contribution in [2.75, 3.05) is 19.6 Å². The quantitative estimate of drug-likeness (QED) is 0.792. The minimum absolute atomic E-state index is 0.750. The lowest BCUT2D eigenvalue weighted by atomic mass is 9.96. The van der Waals surface area contributed by atoms with Crippen LogP contribution in [-0.4, -0.2) is 36.6 Å². The molecule has 1 heterocycles. The van der Waals surface area contributed by atoms with Gasteiger partial charge in [-0.25, -0.2) is 0 Å². The largest absolute Gasteiger partial charge is 0.311 e. The first-order valence-electron chi connectivity index (χ1n) is 7.78. The lowest BCUT2D eigenvalue weighted by molar-refractivity contribution is 0.184. The van der Waals surface area contributed by atoms with Gasteiger partial charge < -0.3 is 10.2 Å². The molecule has 17 heavy (non-hydrogen) atoms. The van der Waals surface area contributed by atoms with Gasteiger partial charge in [0.1, 0.15) is 0 Å². The summed E-state index contributed by atoms with van der Waals surface area (Å²) in [7, 11) is 0. The van der Waals surface area contributed by atoms with Crippen molar-refractivity contribution in [3.8, 4) is 0 Å². The van der Waals surface area contributed by atoms with E-state index in [0.29, 0.717) is 0 Å². The molecule has 0 radical (unpaired) electrons. The standard InChI is InChI=1S/C15H30N2/c1-3-10-17-11-8-15(9-12-17)16-13(2)14-6-4-5-7-14/h13-16H,3-12H2,1-2H3/t13-/m0/s1. The smallest absolute Gasteiger partial charge is 0.00940 e. The molecule has 0 aromatic carbocycles. The molecule has 100 valence electrons. The highest BCUT2D eigenvalue weighted by Gasteiger charge is 2.25. The molecule has 2 fully saturated rings. The Balaban J connectivity index is 1.66. The van der Waals surface area contributed by atoms with Gasteiger partial charge in [-0.1, -0.05) is 19.8 Å². The topological polar surface area (TPSA) is 15.3 Å². The van der Waals surface area contributed by atoms with Gasteiger partial charge in [-0.05, 0) is 64.6 Å². The van der Waals surface area contributed by atoms with Gasteiger partial charge in [0.05, 0.1) is 0 Å². The van der Waals surface area contributed by atoms with E-state index < -0.39 is 0 Å². The number of nitrogens with one attached hydrogen (secondary N) is 1. The van der Waals surface area contributed by atoms with E-state index in [9.17, 15) is 0 Å². The van der Waals surface area contributed by atoms with Crippen molar-refractivity contribution in [2.24, 2.45) is 5.92 Å². The molecule has 1 saturated carbocycles. The Morgan fingerprint density at radius 3 is 2.35 bits per heavy atom. The Morgan fingerprint density at radius 1 is 1.12 bits per heavy atom. The third kappa shape index (κ3) is 3.96. The maximum Gasteiger partial charge on any atom is 0.00940 e. The highest BCUT2D eigenvalue weighted by Crippen LogP contribution is 2.28. The van der Waals surface area contributed by atoms with Crippen molar-refractivity contribution in [1.29, 1.82) is 0 Å². The molecule has 0 spiro atoms. The highest BCUT2D eigenvalue weighted by atomic mass is 15.1. The van der Waals surface area contributed by atoms with Crippen molar-refractivity contribution in [1.82, 2.24) is 10.2 Å². The summed E-state index contributed by atoms with van der Waals surface area (Å²) >= 11 is 0. The fraction of sp³-hybridized carbons (Fsp3) is 1.00. The molecule has 0 aromatic heterocycles. The maximum absolute atomic E-state index is 3.90. The van der Waals surface area contributed by atoms with Crippen LogP contribution < -0.4 is 5.32 Å². The van der Waals surface area contributed by atoms with E-state index in [-0.39, 0.29) is 0 Å². The summed E-state index contributed by atoms with van der Waals surface area (Å²) in [6.07, 6.45) is 9.87. The zero-order chi connectivity index (χ0) is 12.1. The van der Waals surface area contributed by atoms with Crippen LogP contribution in [0.25, 0.3) is 0 Å². The van der Waals surface area contributed by atoms with Crippen LogP contribution in [0, 0.1) is 5.92 Å². The van der Waals surface area contributed by atoms with Crippen LogP contribution in [0.5, 0.6) is 0 Å². The molecule has 0 unspecified atom stereocenters. The first-order valence-corrected chi connectivity index (χ1v) is 7.78. The summed E-state index contributed by atoms with van der Waals surface area (Å²) in [4.78, 5) is 2.62. The summed E-state index contributed by atoms with van der Waals surface area (Å²) in [5.41, 5.74) is 0. The highest BCUT2D eigenvalue weighted by molar-refractivity contribution is 4.83. The number of hydrogen-bond acceptors (Lipinski definition) is 2. The fourth-order valence-electron chi connectivity index (χ4n) is 3.60. The fourth-order valence-corrected chi connectivity index (χ4v) is 3.60. The Bertz CT molecular complexity index is 203. The van der Waals surface area contributed by atoms with Gasteiger partial charge in [-0.3, -0.25) is 0 Å². The molecule has 1 saturated heterocycles. The lowest BCUT2D eigenvalue weighted by Crippen LogP contribution is -2.47. The molecular formula is C15H30N2. The van der Waals surface area contributed by atoms with E-state index in [1.54, 1.807) is 0 Å². The molecule has 0 amide bonds. The van der Waals surface area contributed by atoms with Crippen LogP contribution in [0.15, 0.2) is 0 Å². The van der Waals surface area contributed by atoms with Gasteiger partial charge in [0, 0.05) is 12.1 Å². The third-order valence-corrected chi connectivity index (χ3v) is 4.73. The number of likely N-dealkylation sites (tertiary alicyclic amines) is 1. The second kappa shape index (κ2) is 6.75. The van der Waals surface area contributed by atoms with Crippen molar-refractivity contribution in [3.63, 3.8) is 0 Å². The minimum Gasteiger partial charge on any atom is -0.311 e. The van der Waals surface area contributed by atoms with E-state index in [4.69, 9.17) is 0 Å². The summed E-state index contributed by atoms with van der Waals surface area (Å²) in [5.74, 6) is 0.962. The molecule has 1 aliphatic carbocycles. The first-order chi connectivity index (χ1) is 8.29. The summed E-state index contributed by atoms with van der Waals surface area (Å²) in [6.45, 7) is 8.61. The van der Waals surface area contributed by atoms with Gasteiger partial charge in [0.25, 0.3) is 0 Å². The predicted molar refractivity (Wildman–Crippen MR) is 74.3 cm³/mol.